The Bertz CT molecular complexity index is 140. The minimum absolute atomic E-state index is 0.221. The van der Waals surface area contributed by atoms with Crippen molar-refractivity contribution in [3.05, 3.63) is 0 Å². The molecule has 0 atom stereocenters. The van der Waals surface area contributed by atoms with Gasteiger partial charge in [-0.2, -0.15) is 0 Å². The van der Waals surface area contributed by atoms with E-state index in [-0.39, 0.29) is 6.04 Å². The van der Waals surface area contributed by atoms with Gasteiger partial charge in [0.15, 0.2) is 0 Å². The molecule has 0 aliphatic carbocycles. The zero-order chi connectivity index (χ0) is 7.98. The van der Waals surface area contributed by atoms with E-state index in [4.69, 9.17) is 5.73 Å². The molecule has 0 unspecified atom stereocenters. The first-order valence-corrected chi connectivity index (χ1v) is 4.34. The molecule has 0 saturated carbocycles. The van der Waals surface area contributed by atoms with Crippen LogP contribution in [0.15, 0.2) is 9.98 Å². The predicted octanol–water partition coefficient (Wildman–Crippen LogP) is 1.10. The Morgan fingerprint density at radius 2 is 2.20 bits per heavy atom. The van der Waals surface area contributed by atoms with E-state index >= 15 is 0 Å². The van der Waals surface area contributed by atoms with Gasteiger partial charge in [0, 0.05) is 6.04 Å². The van der Waals surface area contributed by atoms with Crippen LogP contribution in [-0.4, -0.2) is 23.8 Å². The molecular weight excluding hydrogens is 146 g/mol. The lowest BCUT2D eigenvalue weighted by molar-refractivity contribution is 0.832. The highest BCUT2D eigenvalue weighted by Gasteiger charge is 1.88. The molecule has 0 fully saturated rings. The van der Waals surface area contributed by atoms with Crippen LogP contribution in [0.3, 0.4) is 0 Å². The fourth-order valence-electron chi connectivity index (χ4n) is 0.405. The lowest BCUT2D eigenvalue weighted by atomic mass is 10.4. The van der Waals surface area contributed by atoms with Gasteiger partial charge in [-0.05, 0) is 20.1 Å². The third kappa shape index (κ3) is 5.62. The SMILES string of the molecule is CSC=NC(N)=NC(C)C. The van der Waals surface area contributed by atoms with Gasteiger partial charge in [-0.1, -0.05) is 0 Å². The molecule has 0 aliphatic rings. The molecule has 0 radical (unpaired) electrons. The fourth-order valence-corrected chi connectivity index (χ4v) is 0.618. The normalized spacial score (nSPS) is 13.4. The highest BCUT2D eigenvalue weighted by molar-refractivity contribution is 8.11. The Balaban J connectivity index is 3.82. The smallest absolute Gasteiger partial charge is 0.216 e. The minimum atomic E-state index is 0.221. The van der Waals surface area contributed by atoms with Crippen molar-refractivity contribution in [1.29, 1.82) is 0 Å². The van der Waals surface area contributed by atoms with Crippen LogP contribution in [0.5, 0.6) is 0 Å². The van der Waals surface area contributed by atoms with Crippen LogP contribution >= 0.6 is 11.8 Å². The number of rotatable bonds is 2. The third-order valence-corrected chi connectivity index (χ3v) is 0.997. The molecular formula is C6H13N3S. The van der Waals surface area contributed by atoms with Crippen LogP contribution in [0, 0.1) is 0 Å². The molecule has 0 saturated heterocycles. The summed E-state index contributed by atoms with van der Waals surface area (Å²) >= 11 is 1.50. The van der Waals surface area contributed by atoms with Crippen molar-refractivity contribution in [3.8, 4) is 0 Å². The lowest BCUT2D eigenvalue weighted by Crippen LogP contribution is -2.10. The molecule has 0 aromatic rings. The molecule has 0 aromatic heterocycles. The maximum atomic E-state index is 5.40. The average molecular weight is 159 g/mol. The van der Waals surface area contributed by atoms with E-state index in [0.717, 1.165) is 0 Å². The molecule has 0 bridgehead atoms. The third-order valence-electron chi connectivity index (χ3n) is 0.681. The Morgan fingerprint density at radius 3 is 2.60 bits per heavy atom. The quantitative estimate of drug-likeness (QED) is 0.484. The number of nitrogens with zero attached hydrogens (tertiary/aromatic N) is 2. The van der Waals surface area contributed by atoms with Crippen LogP contribution in [0.2, 0.25) is 0 Å². The molecule has 10 heavy (non-hydrogen) atoms. The second-order valence-electron chi connectivity index (χ2n) is 2.05. The van der Waals surface area contributed by atoms with Crippen molar-refractivity contribution < 1.29 is 0 Å². The predicted molar refractivity (Wildman–Crippen MR) is 48.8 cm³/mol. The van der Waals surface area contributed by atoms with Crippen molar-refractivity contribution in [3.63, 3.8) is 0 Å². The van der Waals surface area contributed by atoms with Gasteiger partial charge in [0.1, 0.15) is 0 Å². The van der Waals surface area contributed by atoms with E-state index in [1.54, 1.807) is 5.55 Å². The summed E-state index contributed by atoms with van der Waals surface area (Å²) in [5, 5.41) is 0. The van der Waals surface area contributed by atoms with Crippen molar-refractivity contribution >= 4 is 23.3 Å². The highest BCUT2D eigenvalue weighted by atomic mass is 32.2. The number of guanidine groups is 1. The number of hydrogen-bond donors (Lipinski definition) is 1. The fraction of sp³-hybridized carbons (Fsp3) is 0.667. The summed E-state index contributed by atoms with van der Waals surface area (Å²) in [4.78, 5) is 7.85. The van der Waals surface area contributed by atoms with E-state index in [0.29, 0.717) is 5.96 Å². The summed E-state index contributed by atoms with van der Waals surface area (Å²) in [5.74, 6) is 0.351. The molecule has 0 amide bonds. The second kappa shape index (κ2) is 5.29. The highest BCUT2D eigenvalue weighted by Crippen LogP contribution is 1.87. The number of nitrogens with two attached hydrogens (primary N) is 1. The molecule has 0 rings (SSSR count). The summed E-state index contributed by atoms with van der Waals surface area (Å²) in [6, 6.07) is 0.221. The van der Waals surface area contributed by atoms with Gasteiger partial charge >= 0.3 is 0 Å². The Kier molecular flexibility index (Phi) is 5.02. The molecule has 0 heterocycles. The standard InChI is InChI=1S/C6H13N3S/c1-5(2)9-6(7)8-4-10-3/h4-5H,1-3H3,(H2,7,9). The first-order valence-electron chi connectivity index (χ1n) is 3.05. The Hall–Kier alpha value is -0.510. The Morgan fingerprint density at radius 1 is 1.60 bits per heavy atom. The van der Waals surface area contributed by atoms with Gasteiger partial charge in [-0.25, -0.2) is 9.98 Å². The molecule has 2 N–H and O–H groups in total. The summed E-state index contributed by atoms with van der Waals surface area (Å²) in [6.45, 7) is 3.92. The summed E-state index contributed by atoms with van der Waals surface area (Å²) in [7, 11) is 0. The van der Waals surface area contributed by atoms with Gasteiger partial charge in [-0.15, -0.1) is 11.8 Å². The van der Waals surface area contributed by atoms with Gasteiger partial charge < -0.3 is 5.73 Å². The van der Waals surface area contributed by atoms with Crippen LogP contribution < -0.4 is 5.73 Å². The average Bonchev–Trinajstić information content (AvgIpc) is 1.82. The first-order chi connectivity index (χ1) is 4.66. The molecule has 0 spiro atoms. The van der Waals surface area contributed by atoms with Crippen molar-refractivity contribution in [2.75, 3.05) is 6.26 Å². The summed E-state index contributed by atoms with van der Waals surface area (Å²) in [6.07, 6.45) is 1.92. The van der Waals surface area contributed by atoms with Crippen LogP contribution in [0.25, 0.3) is 0 Å². The number of hydrogen-bond acceptors (Lipinski definition) is 2. The van der Waals surface area contributed by atoms with Crippen molar-refractivity contribution in [2.24, 2.45) is 15.7 Å². The molecule has 58 valence electrons. The largest absolute Gasteiger partial charge is 0.368 e. The van der Waals surface area contributed by atoms with E-state index in [1.807, 2.05) is 20.1 Å². The van der Waals surface area contributed by atoms with Gasteiger partial charge in [0.2, 0.25) is 5.96 Å². The second-order valence-corrected chi connectivity index (χ2v) is 2.73. The lowest BCUT2D eigenvalue weighted by Gasteiger charge is -1.95. The summed E-state index contributed by atoms with van der Waals surface area (Å²) < 4.78 is 0. The van der Waals surface area contributed by atoms with Gasteiger partial charge in [-0.3, -0.25) is 0 Å². The minimum Gasteiger partial charge on any atom is -0.368 e. The van der Waals surface area contributed by atoms with Crippen molar-refractivity contribution in [1.82, 2.24) is 0 Å². The monoisotopic (exact) mass is 159 g/mol. The molecule has 3 nitrogen and oxygen atoms in total. The molecule has 0 aromatic carbocycles. The Labute approximate surface area is 65.8 Å². The molecule has 4 heteroatoms. The number of thioether (sulfide) groups is 1. The van der Waals surface area contributed by atoms with Gasteiger partial charge in [0.05, 0.1) is 5.55 Å². The maximum Gasteiger partial charge on any atom is 0.216 e. The van der Waals surface area contributed by atoms with Crippen LogP contribution in [0.1, 0.15) is 13.8 Å². The van der Waals surface area contributed by atoms with Crippen LogP contribution in [-0.2, 0) is 0 Å². The van der Waals surface area contributed by atoms with Crippen LogP contribution in [0.4, 0.5) is 0 Å². The summed E-state index contributed by atoms with van der Waals surface area (Å²) in [5.41, 5.74) is 7.07. The first kappa shape index (κ1) is 9.49. The van der Waals surface area contributed by atoms with E-state index in [9.17, 15) is 0 Å². The maximum absolute atomic E-state index is 5.40. The molecule has 0 aliphatic heterocycles. The van der Waals surface area contributed by atoms with Gasteiger partial charge in [0.25, 0.3) is 0 Å². The van der Waals surface area contributed by atoms with E-state index in [1.165, 1.54) is 11.8 Å². The zero-order valence-electron chi connectivity index (χ0n) is 6.53. The van der Waals surface area contributed by atoms with Crippen molar-refractivity contribution in [2.45, 2.75) is 19.9 Å². The zero-order valence-corrected chi connectivity index (χ0v) is 7.35. The van der Waals surface area contributed by atoms with E-state index in [2.05, 4.69) is 9.98 Å². The van der Waals surface area contributed by atoms with E-state index < -0.39 is 0 Å². The number of aliphatic imine (C=N–C) groups is 2. The topological polar surface area (TPSA) is 50.7 Å².